The number of thioether (sulfide) groups is 1. The molecule has 2 aromatic carbocycles. The number of ether oxygens (including phenoxy) is 1. The van der Waals surface area contributed by atoms with Gasteiger partial charge in [-0.2, -0.15) is 0 Å². The number of carbonyl (C=O) groups is 2. The molecule has 0 aliphatic carbocycles. The molecule has 31 heavy (non-hydrogen) atoms. The highest BCUT2D eigenvalue weighted by atomic mass is 79.9. The molecule has 1 atom stereocenters. The molecule has 1 heterocycles. The molecule has 1 aromatic heterocycles. The van der Waals surface area contributed by atoms with E-state index in [4.69, 9.17) is 10.5 Å². The van der Waals surface area contributed by atoms with Gasteiger partial charge >= 0.3 is 0 Å². The van der Waals surface area contributed by atoms with Gasteiger partial charge < -0.3 is 20.4 Å². The van der Waals surface area contributed by atoms with Crippen LogP contribution in [0.15, 0.2) is 58.2 Å². The predicted molar refractivity (Wildman–Crippen MR) is 123 cm³/mol. The smallest absolute Gasteiger partial charge is 0.250 e. The molecular weight excluding hydrogens is 482 g/mol. The van der Waals surface area contributed by atoms with Gasteiger partial charge in [-0.1, -0.05) is 39.8 Å². The minimum absolute atomic E-state index is 0.104. The zero-order chi connectivity index (χ0) is 22.4. The van der Waals surface area contributed by atoms with Crippen LogP contribution in [0.5, 0.6) is 5.75 Å². The minimum atomic E-state index is -0.598. The van der Waals surface area contributed by atoms with Crippen LogP contribution in [0.4, 0.5) is 5.69 Å². The summed E-state index contributed by atoms with van der Waals surface area (Å²) in [4.78, 5) is 23.9. The lowest BCUT2D eigenvalue weighted by molar-refractivity contribution is -0.113. The number of hydrogen-bond donors (Lipinski definition) is 2. The lowest BCUT2D eigenvalue weighted by Gasteiger charge is -2.15. The van der Waals surface area contributed by atoms with Crippen LogP contribution >= 0.6 is 27.7 Å². The van der Waals surface area contributed by atoms with E-state index in [1.807, 2.05) is 42.7 Å². The van der Waals surface area contributed by atoms with Crippen molar-refractivity contribution < 1.29 is 14.3 Å². The van der Waals surface area contributed by atoms with Gasteiger partial charge in [0, 0.05) is 11.0 Å². The Bertz CT molecular complexity index is 1070. The fourth-order valence-corrected chi connectivity index (χ4v) is 3.97. The lowest BCUT2D eigenvalue weighted by atomic mass is 10.1. The number of primary amides is 1. The molecule has 3 N–H and O–H groups in total. The molecule has 0 radical (unpaired) electrons. The van der Waals surface area contributed by atoms with Crippen molar-refractivity contribution in [2.24, 2.45) is 5.73 Å². The standard InChI is InChI=1S/C21H22BrN5O3S/c1-3-27-20(13(2)30-15-10-8-14(22)9-11-15)25-26-21(27)31-12-18(28)24-17-7-5-4-6-16(17)19(23)29/h4-11,13H,3,12H2,1-2H3,(H2,23,29)(H,24,28). The predicted octanol–water partition coefficient (Wildman–Crippen LogP) is 4.03. The molecule has 0 fully saturated rings. The highest BCUT2D eigenvalue weighted by molar-refractivity contribution is 9.10. The highest BCUT2D eigenvalue weighted by Crippen LogP contribution is 2.26. The van der Waals surface area contributed by atoms with Gasteiger partial charge in [-0.25, -0.2) is 0 Å². The summed E-state index contributed by atoms with van der Waals surface area (Å²) in [6.45, 7) is 4.51. The Morgan fingerprint density at radius 1 is 1.19 bits per heavy atom. The summed E-state index contributed by atoms with van der Waals surface area (Å²) in [5.41, 5.74) is 6.00. The van der Waals surface area contributed by atoms with E-state index in [9.17, 15) is 9.59 Å². The van der Waals surface area contributed by atoms with E-state index in [1.54, 1.807) is 24.3 Å². The molecule has 0 aliphatic rings. The first kappa shape index (κ1) is 22.8. The first-order valence-electron chi connectivity index (χ1n) is 9.55. The molecule has 2 amide bonds. The Balaban J connectivity index is 1.65. The van der Waals surface area contributed by atoms with Crippen molar-refractivity contribution in [2.75, 3.05) is 11.1 Å². The first-order valence-corrected chi connectivity index (χ1v) is 11.3. The Hall–Kier alpha value is -2.85. The Morgan fingerprint density at radius 2 is 1.90 bits per heavy atom. The Kier molecular flexibility index (Phi) is 7.69. The average Bonchev–Trinajstić information content (AvgIpc) is 3.17. The van der Waals surface area contributed by atoms with Crippen molar-refractivity contribution in [1.29, 1.82) is 0 Å². The third-order valence-corrected chi connectivity index (χ3v) is 5.85. The van der Waals surface area contributed by atoms with E-state index in [1.165, 1.54) is 11.8 Å². The van der Waals surface area contributed by atoms with E-state index >= 15 is 0 Å². The zero-order valence-electron chi connectivity index (χ0n) is 17.0. The molecule has 0 spiro atoms. The fraction of sp³-hybridized carbons (Fsp3) is 0.238. The molecule has 0 saturated carbocycles. The second kappa shape index (κ2) is 10.5. The second-order valence-electron chi connectivity index (χ2n) is 6.55. The summed E-state index contributed by atoms with van der Waals surface area (Å²) in [5, 5.41) is 11.8. The van der Waals surface area contributed by atoms with Crippen LogP contribution in [0.25, 0.3) is 0 Å². The average molecular weight is 504 g/mol. The van der Waals surface area contributed by atoms with Gasteiger partial charge in [-0.05, 0) is 50.2 Å². The number of halogens is 1. The van der Waals surface area contributed by atoms with Crippen molar-refractivity contribution >= 4 is 45.2 Å². The number of nitrogens with two attached hydrogens (primary N) is 1. The maximum Gasteiger partial charge on any atom is 0.250 e. The minimum Gasteiger partial charge on any atom is -0.483 e. The topological polar surface area (TPSA) is 112 Å². The normalized spacial score (nSPS) is 11.7. The van der Waals surface area contributed by atoms with E-state index in [0.29, 0.717) is 23.2 Å². The van der Waals surface area contributed by atoms with Gasteiger partial charge in [0.15, 0.2) is 17.1 Å². The van der Waals surface area contributed by atoms with Crippen LogP contribution in [-0.4, -0.2) is 32.3 Å². The summed E-state index contributed by atoms with van der Waals surface area (Å²) < 4.78 is 8.86. The van der Waals surface area contributed by atoms with Gasteiger partial charge in [0.1, 0.15) is 5.75 Å². The van der Waals surface area contributed by atoms with Crippen LogP contribution in [-0.2, 0) is 11.3 Å². The van der Waals surface area contributed by atoms with E-state index in [0.717, 1.165) is 10.2 Å². The van der Waals surface area contributed by atoms with Gasteiger partial charge in [0.05, 0.1) is 17.0 Å². The third-order valence-electron chi connectivity index (χ3n) is 4.35. The van der Waals surface area contributed by atoms with Crippen molar-refractivity contribution in [1.82, 2.24) is 14.8 Å². The van der Waals surface area contributed by atoms with Crippen molar-refractivity contribution in [2.45, 2.75) is 31.7 Å². The molecule has 3 aromatic rings. The lowest BCUT2D eigenvalue weighted by Crippen LogP contribution is -2.19. The first-order chi connectivity index (χ1) is 14.9. The van der Waals surface area contributed by atoms with Crippen LogP contribution in [0, 0.1) is 0 Å². The summed E-state index contributed by atoms with van der Waals surface area (Å²) >= 11 is 4.66. The molecule has 3 rings (SSSR count). The number of nitrogens with zero attached hydrogens (tertiary/aromatic N) is 3. The zero-order valence-corrected chi connectivity index (χ0v) is 19.4. The van der Waals surface area contributed by atoms with E-state index in [-0.39, 0.29) is 23.3 Å². The SMILES string of the molecule is CCn1c(SCC(=O)Nc2ccccc2C(N)=O)nnc1C(C)Oc1ccc(Br)cc1. The van der Waals surface area contributed by atoms with Gasteiger partial charge in [-0.3, -0.25) is 9.59 Å². The number of benzene rings is 2. The maximum absolute atomic E-state index is 12.4. The number of aromatic nitrogens is 3. The van der Waals surface area contributed by atoms with E-state index in [2.05, 4.69) is 31.4 Å². The monoisotopic (exact) mass is 503 g/mol. The Labute approximate surface area is 192 Å². The molecule has 0 saturated heterocycles. The molecule has 162 valence electrons. The fourth-order valence-electron chi connectivity index (χ4n) is 2.90. The molecule has 8 nitrogen and oxygen atoms in total. The van der Waals surface area contributed by atoms with Crippen LogP contribution in [0.2, 0.25) is 0 Å². The number of amides is 2. The number of rotatable bonds is 9. The van der Waals surface area contributed by atoms with Crippen molar-refractivity contribution in [3.63, 3.8) is 0 Å². The van der Waals surface area contributed by atoms with Gasteiger partial charge in [0.25, 0.3) is 5.91 Å². The Morgan fingerprint density at radius 3 is 2.58 bits per heavy atom. The number of para-hydroxylation sites is 1. The molecule has 1 unspecified atom stereocenters. The van der Waals surface area contributed by atoms with Crippen LogP contribution in [0.1, 0.15) is 36.1 Å². The van der Waals surface area contributed by atoms with Gasteiger partial charge in [-0.15, -0.1) is 10.2 Å². The second-order valence-corrected chi connectivity index (χ2v) is 8.40. The number of anilines is 1. The number of hydrogen-bond acceptors (Lipinski definition) is 6. The molecular formula is C21H22BrN5O3S. The molecule has 0 aliphatic heterocycles. The van der Waals surface area contributed by atoms with E-state index < -0.39 is 5.91 Å². The molecule has 0 bridgehead atoms. The quantitative estimate of drug-likeness (QED) is 0.426. The highest BCUT2D eigenvalue weighted by Gasteiger charge is 2.20. The summed E-state index contributed by atoms with van der Waals surface area (Å²) in [6, 6.07) is 14.2. The summed E-state index contributed by atoms with van der Waals surface area (Å²) in [7, 11) is 0. The number of nitrogens with one attached hydrogen (secondary N) is 1. The van der Waals surface area contributed by atoms with Crippen molar-refractivity contribution in [3.8, 4) is 5.75 Å². The van der Waals surface area contributed by atoms with Crippen molar-refractivity contribution in [3.05, 3.63) is 64.4 Å². The third kappa shape index (κ3) is 5.86. The van der Waals surface area contributed by atoms with Crippen LogP contribution < -0.4 is 15.8 Å². The number of carbonyl (C=O) groups excluding carboxylic acids is 2. The largest absolute Gasteiger partial charge is 0.483 e. The van der Waals surface area contributed by atoms with Gasteiger partial charge in [0.2, 0.25) is 5.91 Å². The van der Waals surface area contributed by atoms with Crippen LogP contribution in [0.3, 0.4) is 0 Å². The summed E-state index contributed by atoms with van der Waals surface area (Å²) in [6.07, 6.45) is -0.320. The maximum atomic E-state index is 12.4. The molecule has 10 heteroatoms. The summed E-state index contributed by atoms with van der Waals surface area (Å²) in [5.74, 6) is 0.631.